The van der Waals surface area contributed by atoms with Gasteiger partial charge in [-0.15, -0.1) is 0 Å². The first kappa shape index (κ1) is 19.2. The van der Waals surface area contributed by atoms with Crippen molar-refractivity contribution in [1.82, 2.24) is 10.6 Å². The van der Waals surface area contributed by atoms with E-state index in [1.54, 1.807) is 30.6 Å². The molecule has 7 heteroatoms. The van der Waals surface area contributed by atoms with Gasteiger partial charge in [-0.1, -0.05) is 39.3 Å². The fourth-order valence-corrected chi connectivity index (χ4v) is 4.54. The molecule has 2 aliphatic rings. The van der Waals surface area contributed by atoms with E-state index in [1.165, 1.54) is 0 Å². The minimum absolute atomic E-state index is 0.0763. The zero-order chi connectivity index (χ0) is 19.8. The molecule has 0 radical (unpaired) electrons. The number of benzene rings is 1. The zero-order valence-electron chi connectivity index (χ0n) is 15.8. The number of aliphatic imine (C=N–C) groups is 1. The van der Waals surface area contributed by atoms with Crippen LogP contribution in [0.1, 0.15) is 33.3 Å². The standard InChI is InChI=1S/C20H23ClN4O2/c1-19(2)17(25-16(26)13-9-23-11-24-10-13)20(3,4)18(19)27-14-6-5-12(8-22)15(21)7-14/h5-7,9-10,17-18,23H,11H2,1-4H3,(H,25,26). The highest BCUT2D eigenvalue weighted by Gasteiger charge is 2.64. The van der Waals surface area contributed by atoms with Crippen LogP contribution in [0.15, 0.2) is 35.0 Å². The van der Waals surface area contributed by atoms with Gasteiger partial charge in [0.05, 0.1) is 16.2 Å². The van der Waals surface area contributed by atoms with Crippen molar-refractivity contribution in [3.8, 4) is 11.8 Å². The highest BCUT2D eigenvalue weighted by Crippen LogP contribution is 2.55. The SMILES string of the molecule is CC1(C)C(NC(=O)C2=CNCN=C2)C(C)(C)C1Oc1ccc(C#N)c(Cl)c1. The van der Waals surface area contributed by atoms with Crippen LogP contribution in [-0.4, -0.2) is 30.9 Å². The Morgan fingerprint density at radius 3 is 2.63 bits per heavy atom. The Labute approximate surface area is 164 Å². The number of rotatable bonds is 4. The molecule has 1 aliphatic carbocycles. The second kappa shape index (κ2) is 6.90. The van der Waals surface area contributed by atoms with E-state index < -0.39 is 0 Å². The lowest BCUT2D eigenvalue weighted by Gasteiger charge is -2.63. The summed E-state index contributed by atoms with van der Waals surface area (Å²) in [6, 6.07) is 7.02. The number of nitrogens with zero attached hydrogens (tertiary/aromatic N) is 2. The number of carbonyl (C=O) groups excluding carboxylic acids is 1. The highest BCUT2D eigenvalue weighted by atomic mass is 35.5. The van der Waals surface area contributed by atoms with Crippen LogP contribution in [0.3, 0.4) is 0 Å². The fourth-order valence-electron chi connectivity index (χ4n) is 4.32. The van der Waals surface area contributed by atoms with Crippen molar-refractivity contribution < 1.29 is 9.53 Å². The molecule has 0 aromatic heterocycles. The van der Waals surface area contributed by atoms with Crippen molar-refractivity contribution in [3.05, 3.63) is 40.6 Å². The topological polar surface area (TPSA) is 86.5 Å². The lowest BCUT2D eigenvalue weighted by atomic mass is 9.49. The highest BCUT2D eigenvalue weighted by molar-refractivity contribution is 6.31. The summed E-state index contributed by atoms with van der Waals surface area (Å²) in [6.45, 7) is 8.77. The zero-order valence-corrected chi connectivity index (χ0v) is 16.6. The number of ether oxygens (including phenoxy) is 1. The monoisotopic (exact) mass is 386 g/mol. The molecule has 0 bridgehead atoms. The molecule has 3 rings (SSSR count). The van der Waals surface area contributed by atoms with E-state index in [-0.39, 0.29) is 28.9 Å². The molecule has 0 atom stereocenters. The van der Waals surface area contributed by atoms with E-state index in [0.29, 0.717) is 28.6 Å². The summed E-state index contributed by atoms with van der Waals surface area (Å²) in [7, 11) is 0. The number of hydrogen-bond donors (Lipinski definition) is 2. The van der Waals surface area contributed by atoms with Crippen molar-refractivity contribution in [2.75, 3.05) is 6.67 Å². The Morgan fingerprint density at radius 1 is 1.37 bits per heavy atom. The van der Waals surface area contributed by atoms with Gasteiger partial charge in [0.25, 0.3) is 5.91 Å². The molecule has 0 spiro atoms. The van der Waals surface area contributed by atoms with Gasteiger partial charge in [0.2, 0.25) is 0 Å². The molecule has 27 heavy (non-hydrogen) atoms. The summed E-state index contributed by atoms with van der Waals surface area (Å²) in [5.41, 5.74) is 0.340. The third-order valence-corrected chi connectivity index (χ3v) is 5.68. The first-order chi connectivity index (χ1) is 12.7. The summed E-state index contributed by atoms with van der Waals surface area (Å²) >= 11 is 6.12. The first-order valence-corrected chi connectivity index (χ1v) is 9.16. The maximum absolute atomic E-state index is 12.6. The predicted octanol–water partition coefficient (Wildman–Crippen LogP) is 3.03. The maximum atomic E-state index is 12.6. The maximum Gasteiger partial charge on any atom is 0.254 e. The van der Waals surface area contributed by atoms with Crippen LogP contribution in [0.25, 0.3) is 0 Å². The molecule has 6 nitrogen and oxygen atoms in total. The molecule has 1 aromatic rings. The van der Waals surface area contributed by atoms with Gasteiger partial charge in [-0.2, -0.15) is 5.26 Å². The van der Waals surface area contributed by atoms with Crippen molar-refractivity contribution in [2.45, 2.75) is 39.8 Å². The molecule has 0 unspecified atom stereocenters. The molecule has 1 fully saturated rings. The third-order valence-electron chi connectivity index (χ3n) is 5.36. The first-order valence-electron chi connectivity index (χ1n) is 8.78. The molecule has 1 heterocycles. The Bertz CT molecular complexity index is 851. The summed E-state index contributed by atoms with van der Waals surface area (Å²) in [5, 5.41) is 15.4. The van der Waals surface area contributed by atoms with Gasteiger partial charge in [0.1, 0.15) is 24.6 Å². The van der Waals surface area contributed by atoms with Gasteiger partial charge in [0, 0.05) is 35.4 Å². The van der Waals surface area contributed by atoms with Gasteiger partial charge >= 0.3 is 0 Å². The number of carbonyl (C=O) groups is 1. The summed E-state index contributed by atoms with van der Waals surface area (Å²) in [5.74, 6) is 0.457. The molecular formula is C20H23ClN4O2. The lowest BCUT2D eigenvalue weighted by Crippen LogP contribution is -2.74. The van der Waals surface area contributed by atoms with Crippen LogP contribution in [0.2, 0.25) is 5.02 Å². The van der Waals surface area contributed by atoms with Crippen molar-refractivity contribution in [1.29, 1.82) is 5.26 Å². The van der Waals surface area contributed by atoms with E-state index in [0.717, 1.165) is 0 Å². The van der Waals surface area contributed by atoms with E-state index in [9.17, 15) is 4.79 Å². The number of nitrogens with one attached hydrogen (secondary N) is 2. The van der Waals surface area contributed by atoms with Crippen LogP contribution >= 0.6 is 11.6 Å². The average molecular weight is 387 g/mol. The molecular weight excluding hydrogens is 364 g/mol. The Balaban J connectivity index is 1.75. The number of nitriles is 1. The molecule has 2 N–H and O–H groups in total. The molecule has 142 valence electrons. The minimum atomic E-state index is -0.292. The third kappa shape index (κ3) is 3.40. The van der Waals surface area contributed by atoms with Gasteiger partial charge in [-0.05, 0) is 12.1 Å². The molecule has 1 amide bonds. The molecule has 1 aliphatic heterocycles. The van der Waals surface area contributed by atoms with E-state index in [1.807, 2.05) is 6.07 Å². The van der Waals surface area contributed by atoms with Crippen LogP contribution < -0.4 is 15.4 Å². The minimum Gasteiger partial charge on any atom is -0.489 e. The summed E-state index contributed by atoms with van der Waals surface area (Å²) in [4.78, 5) is 16.6. The van der Waals surface area contributed by atoms with E-state index >= 15 is 0 Å². The molecule has 1 saturated carbocycles. The average Bonchev–Trinajstić information content (AvgIpc) is 2.64. The van der Waals surface area contributed by atoms with Crippen LogP contribution in [0.4, 0.5) is 0 Å². The summed E-state index contributed by atoms with van der Waals surface area (Å²) in [6.07, 6.45) is 3.12. The largest absolute Gasteiger partial charge is 0.489 e. The quantitative estimate of drug-likeness (QED) is 0.832. The van der Waals surface area contributed by atoms with Crippen molar-refractivity contribution >= 4 is 23.7 Å². The second-order valence-corrected chi connectivity index (χ2v) is 8.48. The Morgan fingerprint density at radius 2 is 2.07 bits per heavy atom. The lowest BCUT2D eigenvalue weighted by molar-refractivity contribution is -0.172. The Hall–Kier alpha value is -2.52. The summed E-state index contributed by atoms with van der Waals surface area (Å²) < 4.78 is 6.22. The predicted molar refractivity (Wildman–Crippen MR) is 105 cm³/mol. The fraction of sp³-hybridized carbons (Fsp3) is 0.450. The number of halogens is 1. The van der Waals surface area contributed by atoms with Crippen molar-refractivity contribution in [3.63, 3.8) is 0 Å². The number of hydrogen-bond acceptors (Lipinski definition) is 5. The normalized spacial score (nSPS) is 24.7. The van der Waals surface area contributed by atoms with Gasteiger partial charge in [0.15, 0.2) is 0 Å². The van der Waals surface area contributed by atoms with E-state index in [2.05, 4.69) is 43.3 Å². The number of amides is 1. The van der Waals surface area contributed by atoms with E-state index in [4.69, 9.17) is 21.6 Å². The van der Waals surface area contributed by atoms with Crippen molar-refractivity contribution in [2.24, 2.45) is 15.8 Å². The van der Waals surface area contributed by atoms with Crippen LogP contribution in [-0.2, 0) is 4.79 Å². The van der Waals surface area contributed by atoms with Gasteiger partial charge in [-0.3, -0.25) is 9.79 Å². The van der Waals surface area contributed by atoms with Crippen LogP contribution in [0, 0.1) is 22.2 Å². The molecule has 0 saturated heterocycles. The Kier molecular flexibility index (Phi) is 4.92. The van der Waals surface area contributed by atoms with Crippen LogP contribution in [0.5, 0.6) is 5.75 Å². The van der Waals surface area contributed by atoms with Gasteiger partial charge in [-0.25, -0.2) is 0 Å². The second-order valence-electron chi connectivity index (χ2n) is 8.07. The smallest absolute Gasteiger partial charge is 0.254 e. The molecule has 1 aromatic carbocycles. The van der Waals surface area contributed by atoms with Gasteiger partial charge < -0.3 is 15.4 Å².